The quantitative estimate of drug-likeness (QED) is 0.135. The van der Waals surface area contributed by atoms with Crippen molar-refractivity contribution in [1.82, 2.24) is 0 Å². The second-order valence-electron chi connectivity index (χ2n) is 7.63. The van der Waals surface area contributed by atoms with Crippen molar-refractivity contribution in [2.45, 2.75) is 70.9 Å². The molecular weight excluding hydrogens is 702 g/mol. The molecule has 0 saturated carbocycles. The first-order valence-corrected chi connectivity index (χ1v) is 12.2. The van der Waals surface area contributed by atoms with Crippen molar-refractivity contribution in [3.05, 3.63) is 125 Å². The van der Waals surface area contributed by atoms with Crippen LogP contribution in [0, 0.1) is 65.0 Å². The molecule has 1 unspecified atom stereocenters. The monoisotopic (exact) mass is 736 g/mol. The van der Waals surface area contributed by atoms with E-state index in [1.807, 2.05) is 48.5 Å². The van der Waals surface area contributed by atoms with Gasteiger partial charge in [-0.05, 0) is 30.9 Å². The second kappa shape index (κ2) is 65.5. The maximum absolute atomic E-state index is 10.7. The Balaban J connectivity index is -0.000000100. The molecule has 0 saturated heterocycles. The van der Waals surface area contributed by atoms with Crippen LogP contribution < -0.4 is 0 Å². The van der Waals surface area contributed by atoms with Crippen molar-refractivity contribution in [2.75, 3.05) is 6.61 Å². The van der Waals surface area contributed by atoms with Crippen molar-refractivity contribution < 1.29 is 85.4 Å². The molecule has 0 bridgehead atoms. The third-order valence-electron chi connectivity index (χ3n) is 4.66. The van der Waals surface area contributed by atoms with Crippen LogP contribution in [0.15, 0.2) is 60.7 Å². The summed E-state index contributed by atoms with van der Waals surface area (Å²) in [5.41, 5.74) is 1.22. The molecule has 0 fully saturated rings. The predicted molar refractivity (Wildman–Crippen MR) is 150 cm³/mol. The van der Waals surface area contributed by atoms with Crippen molar-refractivity contribution in [1.29, 1.82) is 0 Å². The number of unbranched alkanes of at least 4 members (excludes halogenated alkanes) is 2. The van der Waals surface area contributed by atoms with Gasteiger partial charge in [-0.1, -0.05) is 79.9 Å². The Morgan fingerprint density at radius 2 is 1.06 bits per heavy atom. The van der Waals surface area contributed by atoms with Crippen molar-refractivity contribution in [2.24, 2.45) is 0 Å². The van der Waals surface area contributed by atoms with E-state index in [0.29, 0.717) is 32.7 Å². The van der Waals surface area contributed by atoms with Crippen LogP contribution in [0.2, 0.25) is 0 Å². The first-order valence-electron chi connectivity index (χ1n) is 12.2. The van der Waals surface area contributed by atoms with Gasteiger partial charge in [0.05, 0.1) is 19.3 Å². The second-order valence-corrected chi connectivity index (χ2v) is 7.63. The zero-order chi connectivity index (χ0) is 36.8. The van der Waals surface area contributed by atoms with Crippen molar-refractivity contribution in [3.63, 3.8) is 0 Å². The zero-order valence-electron chi connectivity index (χ0n) is 25.7. The van der Waals surface area contributed by atoms with Gasteiger partial charge in [0.2, 0.25) is 0 Å². The molecule has 0 aliphatic carbocycles. The first-order chi connectivity index (χ1) is 22.1. The first kappa shape index (κ1) is 66.3. The molecule has 47 heavy (non-hydrogen) atoms. The van der Waals surface area contributed by atoms with Crippen LogP contribution in [0.5, 0.6) is 0 Å². The Kier molecular flexibility index (Phi) is 92.3. The minimum atomic E-state index is -1.06. The Bertz CT molecular complexity index is 1020. The van der Waals surface area contributed by atoms with E-state index in [9.17, 15) is 5.11 Å². The fraction of sp³-hybridized carbons (Fsp3) is 0.353. The van der Waals surface area contributed by atoms with Crippen LogP contribution in [0.25, 0.3) is 0 Å². The average molecular weight is 737 g/mol. The number of ether oxygens (including phenoxy) is 2. The molecule has 0 aliphatic heterocycles. The van der Waals surface area contributed by atoms with E-state index in [1.165, 1.54) is 0 Å². The molecule has 0 heterocycles. The van der Waals surface area contributed by atoms with Gasteiger partial charge in [-0.25, -0.2) is 0 Å². The summed E-state index contributed by atoms with van der Waals surface area (Å²) in [4.78, 5) is 0. The summed E-state index contributed by atoms with van der Waals surface area (Å²) < 4.78 is 72.0. The molecule has 0 spiro atoms. The summed E-state index contributed by atoms with van der Waals surface area (Å²) in [6.07, 6.45) is 4.05. The maximum Gasteiger partial charge on any atom is 0 e. The number of aliphatic hydroxyl groups is 1. The normalized spacial score (nSPS) is 8.91. The van der Waals surface area contributed by atoms with E-state index < -0.39 is 5.60 Å². The topological polar surface area (TPSA) is 198 Å². The predicted octanol–water partition coefficient (Wildman–Crippen LogP) is 5.21. The fourth-order valence-corrected chi connectivity index (χ4v) is 3.02. The molecule has 0 aliphatic rings. The summed E-state index contributed by atoms with van der Waals surface area (Å²) in [5, 5.41) is 10.7. The summed E-state index contributed by atoms with van der Waals surface area (Å²) >= 11 is 0. The third kappa shape index (κ3) is 52.6. The average Bonchev–Trinajstić information content (AvgIpc) is 3.15. The summed E-state index contributed by atoms with van der Waals surface area (Å²) in [6.45, 7) is 41.6. The molecule has 13 heteroatoms. The van der Waals surface area contributed by atoms with Gasteiger partial charge in [-0.15, -0.1) is 5.92 Å². The van der Waals surface area contributed by atoms with E-state index in [1.54, 1.807) is 6.92 Å². The standard InChI is InChI=1S/C26H34O3.8CO.2Co/c1-3-4-5-12-18-26(2,27)20-25(29-22-24-15-10-7-11-16-24)17-19-28-21-23-13-8-6-9-14-23;8*1-2;;/h6-11,13-16,25,27H,3-5,17,19-22H2,1-2H3;;;;;;;;;;/t25-,26?;;;;;;;;;;/m0........../s1. The van der Waals surface area contributed by atoms with Crippen molar-refractivity contribution >= 4 is 0 Å². The van der Waals surface area contributed by atoms with Crippen molar-refractivity contribution in [3.8, 4) is 11.8 Å². The van der Waals surface area contributed by atoms with Gasteiger partial charge >= 0.3 is 90.4 Å². The summed E-state index contributed by atoms with van der Waals surface area (Å²) in [6, 6.07) is 20.2. The van der Waals surface area contributed by atoms with Gasteiger partial charge in [-0.2, -0.15) is 0 Å². The van der Waals surface area contributed by atoms with E-state index >= 15 is 0 Å². The molecule has 2 aromatic carbocycles. The van der Waals surface area contributed by atoms with Crippen LogP contribution in [0.1, 0.15) is 57.1 Å². The minimum Gasteiger partial charge on any atom is 0 e. The van der Waals surface area contributed by atoms with Crippen LogP contribution in [0.4, 0.5) is 0 Å². The molecule has 1 N–H and O–H groups in total. The van der Waals surface area contributed by atoms with E-state index in [0.717, 1.165) is 30.4 Å². The van der Waals surface area contributed by atoms with Gasteiger partial charge < -0.3 is 14.6 Å². The summed E-state index contributed by atoms with van der Waals surface area (Å²) in [7, 11) is 0. The Morgan fingerprint density at radius 3 is 1.45 bits per heavy atom. The van der Waals surface area contributed by atoms with Crippen LogP contribution in [-0.4, -0.2) is 23.4 Å². The molecule has 0 amide bonds. The Labute approximate surface area is 298 Å². The number of benzene rings is 2. The fourth-order valence-electron chi connectivity index (χ4n) is 3.02. The van der Waals surface area contributed by atoms with Crippen LogP contribution >= 0.6 is 0 Å². The molecular formula is C34H34Co2O11. The molecule has 0 aromatic heterocycles. The number of hydrogen-bond acceptors (Lipinski definition) is 3. The molecule has 2 aromatic rings. The summed E-state index contributed by atoms with van der Waals surface area (Å²) in [5.74, 6) is 6.13. The van der Waals surface area contributed by atoms with Gasteiger partial charge in [0.1, 0.15) is 5.60 Å². The van der Waals surface area contributed by atoms with E-state index in [4.69, 9.17) is 46.7 Å². The number of hydrogen-bond donors (Lipinski definition) is 1. The maximum atomic E-state index is 10.7. The Morgan fingerprint density at radius 1 is 0.681 bits per heavy atom. The largest absolute Gasteiger partial charge is 0 e. The third-order valence-corrected chi connectivity index (χ3v) is 4.66. The van der Waals surface area contributed by atoms with Crippen LogP contribution in [0.3, 0.4) is 0 Å². The smallest absolute Gasteiger partial charge is 0 e. The van der Waals surface area contributed by atoms with Gasteiger partial charge in [0, 0.05) is 53.0 Å². The van der Waals surface area contributed by atoms with Crippen LogP contribution in [-0.2, 0) is 93.5 Å². The van der Waals surface area contributed by atoms with Gasteiger partial charge in [-0.3, -0.25) is 0 Å². The SMILES string of the molecule is CCCCC#CC(C)(O)C[C@H](CCOCc1ccccc1)OCc1ccccc1.[C-]#[O+].[C-]#[O+].[C-]#[O+].[C-]#[O+].[C-]#[O+].[C-]#[O+].[C-]#[O+].[C-]#[O+].[Co].[Co]. The molecule has 2 radical (unpaired) electrons. The number of rotatable bonds is 12. The molecule has 254 valence electrons. The van der Waals surface area contributed by atoms with E-state index in [2.05, 4.69) is 84.1 Å². The van der Waals surface area contributed by atoms with Gasteiger partial charge in [0.25, 0.3) is 0 Å². The van der Waals surface area contributed by atoms with Gasteiger partial charge in [0.15, 0.2) is 0 Å². The minimum absolute atomic E-state index is 0. The molecule has 2 rings (SSSR count). The zero-order valence-corrected chi connectivity index (χ0v) is 27.8. The molecule has 11 nitrogen and oxygen atoms in total. The molecule has 2 atom stereocenters. The van der Waals surface area contributed by atoms with E-state index in [-0.39, 0.29) is 39.7 Å². The Hall–Kier alpha value is -3.19.